The van der Waals surface area contributed by atoms with Gasteiger partial charge >= 0.3 is 28.3 Å². The van der Waals surface area contributed by atoms with Crippen LogP contribution in [0.1, 0.15) is 0 Å². The van der Waals surface area contributed by atoms with Gasteiger partial charge in [-0.05, 0) is 11.8 Å². The predicted octanol–water partition coefficient (Wildman–Crippen LogP) is 3.82. The van der Waals surface area contributed by atoms with E-state index in [2.05, 4.69) is 0 Å². The van der Waals surface area contributed by atoms with E-state index in [1.807, 2.05) is 0 Å². The van der Waals surface area contributed by atoms with Crippen LogP contribution in [0.25, 0.3) is 0 Å². The molecule has 16 heavy (non-hydrogen) atoms. The van der Waals surface area contributed by atoms with Crippen LogP contribution in [0.2, 0.25) is 0 Å². The molecule has 0 unspecified atom stereocenters. The SMILES string of the molecule is FC1(F)SC(F)(F)C(F)(F)C(F)(F)C1(F)F. The molecule has 0 N–H and O–H groups in total. The van der Waals surface area contributed by atoms with Crippen LogP contribution in [-0.4, -0.2) is 28.3 Å². The van der Waals surface area contributed by atoms with Crippen molar-refractivity contribution in [2.45, 2.75) is 28.3 Å². The molecular weight excluding hydrogens is 282 g/mol. The normalized spacial score (nSPS) is 33.4. The smallest absolute Gasteiger partial charge is 0.192 e. The zero-order chi connectivity index (χ0) is 13.2. The van der Waals surface area contributed by atoms with Crippen LogP contribution in [0.15, 0.2) is 0 Å². The van der Waals surface area contributed by atoms with Gasteiger partial charge in [-0.15, -0.1) is 0 Å². The molecule has 1 heterocycles. The minimum Gasteiger partial charge on any atom is -0.192 e. The molecule has 1 rings (SSSR count). The first-order valence-electron chi connectivity index (χ1n) is 3.30. The van der Waals surface area contributed by atoms with Gasteiger partial charge in [0.1, 0.15) is 0 Å². The second kappa shape index (κ2) is 2.91. The molecule has 0 atom stereocenters. The highest BCUT2D eigenvalue weighted by atomic mass is 32.2. The number of halogens is 10. The van der Waals surface area contributed by atoms with E-state index in [4.69, 9.17) is 0 Å². The molecule has 0 nitrogen and oxygen atoms in total. The van der Waals surface area contributed by atoms with E-state index < -0.39 is 40.0 Å². The highest BCUT2D eigenvalue weighted by molar-refractivity contribution is 8.01. The Hall–Kier alpha value is -0.350. The fraction of sp³-hybridized carbons (Fsp3) is 1.00. The van der Waals surface area contributed by atoms with Crippen LogP contribution in [0.4, 0.5) is 43.9 Å². The quantitative estimate of drug-likeness (QED) is 0.608. The molecule has 1 aliphatic heterocycles. The van der Waals surface area contributed by atoms with Gasteiger partial charge < -0.3 is 0 Å². The van der Waals surface area contributed by atoms with Crippen molar-refractivity contribution in [3.63, 3.8) is 0 Å². The lowest BCUT2D eigenvalue weighted by atomic mass is 10.0. The highest BCUT2D eigenvalue weighted by Gasteiger charge is 2.92. The van der Waals surface area contributed by atoms with Crippen molar-refractivity contribution in [2.24, 2.45) is 0 Å². The monoisotopic (exact) mass is 282 g/mol. The lowest BCUT2D eigenvalue weighted by molar-refractivity contribution is -0.385. The summed E-state index contributed by atoms with van der Waals surface area (Å²) in [5, 5.41) is -12.0. The summed E-state index contributed by atoms with van der Waals surface area (Å²) in [5.74, 6) is -20.0. The van der Waals surface area contributed by atoms with E-state index in [-0.39, 0.29) is 0 Å². The topological polar surface area (TPSA) is 0 Å². The third kappa shape index (κ3) is 1.26. The molecule has 0 bridgehead atoms. The number of rotatable bonds is 0. The number of hydrogen-bond donors (Lipinski definition) is 0. The average Bonchev–Trinajstić information content (AvgIpc) is 1.98. The Labute approximate surface area is 85.0 Å². The Bertz CT molecular complexity index is 278. The Morgan fingerprint density at radius 1 is 0.438 bits per heavy atom. The summed E-state index contributed by atoms with van der Waals surface area (Å²) in [7, 11) is 0. The van der Waals surface area contributed by atoms with Crippen LogP contribution in [0.5, 0.6) is 0 Å². The summed E-state index contributed by atoms with van der Waals surface area (Å²) >= 11 is -2.48. The molecule has 0 aliphatic carbocycles. The minimum absolute atomic E-state index is 2.48. The molecule has 0 aromatic heterocycles. The second-order valence-corrected chi connectivity index (χ2v) is 4.09. The minimum atomic E-state index is -6.85. The van der Waals surface area contributed by atoms with Crippen molar-refractivity contribution in [3.8, 4) is 0 Å². The van der Waals surface area contributed by atoms with Crippen molar-refractivity contribution < 1.29 is 43.9 Å². The molecule has 1 aliphatic rings. The standard InChI is InChI=1S/C5F10S/c6-1(7)2(8,9)4(12,13)16-5(14,15)3(1,10)11. The fourth-order valence-corrected chi connectivity index (χ4v) is 1.69. The van der Waals surface area contributed by atoms with Crippen LogP contribution in [-0.2, 0) is 0 Å². The van der Waals surface area contributed by atoms with E-state index in [1.54, 1.807) is 0 Å². The van der Waals surface area contributed by atoms with E-state index >= 15 is 0 Å². The Morgan fingerprint density at radius 3 is 0.938 bits per heavy atom. The predicted molar refractivity (Wildman–Crippen MR) is 32.3 cm³/mol. The molecule has 96 valence electrons. The van der Waals surface area contributed by atoms with Gasteiger partial charge in [-0.2, -0.15) is 43.9 Å². The molecule has 11 heteroatoms. The molecule has 0 spiro atoms. The Morgan fingerprint density at radius 2 is 0.688 bits per heavy atom. The molecule has 1 fully saturated rings. The number of thioether (sulfide) groups is 1. The van der Waals surface area contributed by atoms with E-state index in [9.17, 15) is 43.9 Å². The summed E-state index contributed by atoms with van der Waals surface area (Å²) in [6, 6.07) is 0. The average molecular weight is 282 g/mol. The first kappa shape index (κ1) is 13.7. The van der Waals surface area contributed by atoms with Gasteiger partial charge in [0.25, 0.3) is 0 Å². The molecule has 0 radical (unpaired) electrons. The van der Waals surface area contributed by atoms with Crippen LogP contribution < -0.4 is 0 Å². The molecule has 1 saturated heterocycles. The highest BCUT2D eigenvalue weighted by Crippen LogP contribution is 2.69. The number of hydrogen-bond acceptors (Lipinski definition) is 1. The zero-order valence-corrected chi connectivity index (χ0v) is 7.50. The molecule has 0 amide bonds. The molecule has 0 saturated carbocycles. The van der Waals surface area contributed by atoms with Gasteiger partial charge in [-0.3, -0.25) is 0 Å². The first-order valence-corrected chi connectivity index (χ1v) is 4.11. The van der Waals surface area contributed by atoms with Gasteiger partial charge in [0, 0.05) is 0 Å². The summed E-state index contributed by atoms with van der Waals surface area (Å²) in [6.45, 7) is 0. The van der Waals surface area contributed by atoms with Crippen molar-refractivity contribution in [3.05, 3.63) is 0 Å². The van der Waals surface area contributed by atoms with E-state index in [0.717, 1.165) is 0 Å². The third-order valence-corrected chi connectivity index (χ3v) is 2.80. The lowest BCUT2D eigenvalue weighted by Gasteiger charge is -2.44. The van der Waals surface area contributed by atoms with Crippen LogP contribution in [0, 0.1) is 0 Å². The first-order chi connectivity index (χ1) is 6.71. The Balaban J connectivity index is 3.43. The van der Waals surface area contributed by atoms with Crippen LogP contribution >= 0.6 is 11.8 Å². The van der Waals surface area contributed by atoms with Crippen molar-refractivity contribution >= 4 is 11.8 Å². The van der Waals surface area contributed by atoms with Crippen LogP contribution in [0.3, 0.4) is 0 Å². The van der Waals surface area contributed by atoms with Gasteiger partial charge in [-0.1, -0.05) is 0 Å². The number of alkyl halides is 10. The molecule has 0 aromatic rings. The largest absolute Gasteiger partial charge is 0.388 e. The summed E-state index contributed by atoms with van der Waals surface area (Å²) < 4.78 is 123. The zero-order valence-electron chi connectivity index (χ0n) is 6.69. The van der Waals surface area contributed by atoms with Gasteiger partial charge in [0.2, 0.25) is 0 Å². The Kier molecular flexibility index (Phi) is 2.49. The van der Waals surface area contributed by atoms with E-state index in [0.29, 0.717) is 0 Å². The molecular formula is C5F10S. The maximum absolute atomic E-state index is 12.3. The van der Waals surface area contributed by atoms with Gasteiger partial charge in [0.15, 0.2) is 0 Å². The van der Waals surface area contributed by atoms with Gasteiger partial charge in [0.05, 0.1) is 0 Å². The summed E-state index contributed by atoms with van der Waals surface area (Å²) in [4.78, 5) is 0. The van der Waals surface area contributed by atoms with Crippen molar-refractivity contribution in [1.29, 1.82) is 0 Å². The maximum atomic E-state index is 12.3. The van der Waals surface area contributed by atoms with Crippen molar-refractivity contribution in [1.82, 2.24) is 0 Å². The second-order valence-electron chi connectivity index (χ2n) is 2.86. The summed E-state index contributed by atoms with van der Waals surface area (Å²) in [6.07, 6.45) is 0. The van der Waals surface area contributed by atoms with E-state index in [1.165, 1.54) is 0 Å². The lowest BCUT2D eigenvalue weighted by Crippen LogP contribution is -2.71. The van der Waals surface area contributed by atoms with Crippen molar-refractivity contribution in [2.75, 3.05) is 0 Å². The molecule has 0 aromatic carbocycles. The van der Waals surface area contributed by atoms with Gasteiger partial charge in [-0.25, -0.2) is 0 Å². The third-order valence-electron chi connectivity index (χ3n) is 1.78. The maximum Gasteiger partial charge on any atom is 0.388 e. The summed E-state index contributed by atoms with van der Waals surface area (Å²) in [5.41, 5.74) is 0. The fourth-order valence-electron chi connectivity index (χ4n) is 0.852.